The number of cyclic esters (lactones) is 1. The van der Waals surface area contributed by atoms with E-state index in [2.05, 4.69) is 0 Å². The highest BCUT2D eigenvalue weighted by molar-refractivity contribution is 7.93. The van der Waals surface area contributed by atoms with E-state index in [1.807, 2.05) is 6.26 Å². The second kappa shape index (κ2) is 3.83. The SMILES string of the molecule is CSOCC1CCC(=O)O1. The number of carbonyl (C=O) groups is 1. The van der Waals surface area contributed by atoms with Crippen LogP contribution >= 0.6 is 12.0 Å². The Labute approximate surface area is 64.3 Å². The summed E-state index contributed by atoms with van der Waals surface area (Å²) in [7, 11) is 0. The summed E-state index contributed by atoms with van der Waals surface area (Å²) in [6.45, 7) is 0.521. The number of hydrogen-bond donors (Lipinski definition) is 0. The monoisotopic (exact) mass is 162 g/mol. The highest BCUT2D eigenvalue weighted by Crippen LogP contribution is 2.14. The molecule has 1 fully saturated rings. The summed E-state index contributed by atoms with van der Waals surface area (Å²) in [5.74, 6) is -0.102. The molecule has 0 aromatic rings. The lowest BCUT2D eigenvalue weighted by atomic mass is 10.2. The molecule has 0 spiro atoms. The van der Waals surface area contributed by atoms with Crippen LogP contribution in [0.4, 0.5) is 0 Å². The fourth-order valence-corrected chi connectivity index (χ4v) is 1.13. The summed E-state index contributed by atoms with van der Waals surface area (Å²) < 4.78 is 9.89. The maximum absolute atomic E-state index is 10.5. The van der Waals surface area contributed by atoms with Gasteiger partial charge in [0.15, 0.2) is 0 Å². The molecule has 1 atom stereocenters. The van der Waals surface area contributed by atoms with Crippen LogP contribution in [-0.2, 0) is 13.7 Å². The fraction of sp³-hybridized carbons (Fsp3) is 0.833. The van der Waals surface area contributed by atoms with Crippen LogP contribution in [0.25, 0.3) is 0 Å². The zero-order valence-electron chi connectivity index (χ0n) is 5.83. The van der Waals surface area contributed by atoms with Gasteiger partial charge in [-0.05, 0) is 18.5 Å². The molecule has 1 heterocycles. The lowest BCUT2D eigenvalue weighted by Crippen LogP contribution is -2.12. The Hall–Kier alpha value is -0.220. The summed E-state index contributed by atoms with van der Waals surface area (Å²) in [6, 6.07) is 0. The number of rotatable bonds is 3. The summed E-state index contributed by atoms with van der Waals surface area (Å²) in [5.41, 5.74) is 0. The molecule has 10 heavy (non-hydrogen) atoms. The molecule has 58 valence electrons. The highest BCUT2D eigenvalue weighted by Gasteiger charge is 2.22. The molecule has 3 nitrogen and oxygen atoms in total. The van der Waals surface area contributed by atoms with E-state index in [1.54, 1.807) is 0 Å². The standard InChI is InChI=1S/C6H10O3S/c1-10-8-4-5-2-3-6(7)9-5/h5H,2-4H2,1H3. The van der Waals surface area contributed by atoms with E-state index < -0.39 is 0 Å². The first-order valence-electron chi connectivity index (χ1n) is 3.18. The van der Waals surface area contributed by atoms with E-state index in [9.17, 15) is 4.79 Å². The van der Waals surface area contributed by atoms with Gasteiger partial charge < -0.3 is 8.92 Å². The van der Waals surface area contributed by atoms with E-state index in [-0.39, 0.29) is 12.1 Å². The molecule has 0 saturated carbocycles. The Morgan fingerprint density at radius 3 is 3.20 bits per heavy atom. The second-order valence-corrected chi connectivity index (χ2v) is 2.67. The third kappa shape index (κ3) is 2.19. The largest absolute Gasteiger partial charge is 0.460 e. The van der Waals surface area contributed by atoms with Gasteiger partial charge in [-0.3, -0.25) is 4.79 Å². The fourth-order valence-electron chi connectivity index (χ4n) is 0.844. The van der Waals surface area contributed by atoms with Crippen LogP contribution in [0.15, 0.2) is 0 Å². The van der Waals surface area contributed by atoms with Crippen molar-refractivity contribution in [1.29, 1.82) is 0 Å². The van der Waals surface area contributed by atoms with Gasteiger partial charge in [0.2, 0.25) is 0 Å². The first-order chi connectivity index (χ1) is 4.83. The Balaban J connectivity index is 2.12. The smallest absolute Gasteiger partial charge is 0.306 e. The quantitative estimate of drug-likeness (QED) is 0.458. The van der Waals surface area contributed by atoms with Crippen molar-refractivity contribution in [3.63, 3.8) is 0 Å². The van der Waals surface area contributed by atoms with Crippen LogP contribution in [0, 0.1) is 0 Å². The van der Waals surface area contributed by atoms with Crippen LogP contribution in [0.1, 0.15) is 12.8 Å². The number of esters is 1. The average molecular weight is 162 g/mol. The van der Waals surface area contributed by atoms with Crippen molar-refractivity contribution >= 4 is 18.0 Å². The van der Waals surface area contributed by atoms with Gasteiger partial charge in [0.05, 0.1) is 6.61 Å². The first kappa shape index (κ1) is 7.88. The zero-order chi connectivity index (χ0) is 7.40. The molecule has 1 rings (SSSR count). The Morgan fingerprint density at radius 2 is 2.70 bits per heavy atom. The van der Waals surface area contributed by atoms with Crippen molar-refractivity contribution in [2.75, 3.05) is 12.9 Å². The van der Waals surface area contributed by atoms with Gasteiger partial charge in [-0.1, -0.05) is 0 Å². The maximum Gasteiger partial charge on any atom is 0.306 e. The van der Waals surface area contributed by atoms with Gasteiger partial charge in [0.25, 0.3) is 0 Å². The predicted molar refractivity (Wildman–Crippen MR) is 38.6 cm³/mol. The number of hydrogen-bond acceptors (Lipinski definition) is 4. The van der Waals surface area contributed by atoms with Crippen LogP contribution in [0.2, 0.25) is 0 Å². The van der Waals surface area contributed by atoms with Gasteiger partial charge in [-0.2, -0.15) is 0 Å². The van der Waals surface area contributed by atoms with Crippen molar-refractivity contribution in [3.8, 4) is 0 Å². The van der Waals surface area contributed by atoms with E-state index in [1.165, 1.54) is 12.0 Å². The third-order valence-corrected chi connectivity index (χ3v) is 1.71. The van der Waals surface area contributed by atoms with Crippen LogP contribution in [-0.4, -0.2) is 24.9 Å². The molecule has 0 aromatic carbocycles. The maximum atomic E-state index is 10.5. The van der Waals surface area contributed by atoms with Gasteiger partial charge >= 0.3 is 5.97 Å². The molecule has 1 aliphatic rings. The molecule has 0 aliphatic carbocycles. The van der Waals surface area contributed by atoms with Crippen LogP contribution < -0.4 is 0 Å². The van der Waals surface area contributed by atoms with Gasteiger partial charge in [-0.25, -0.2) is 0 Å². The Kier molecular flexibility index (Phi) is 3.02. The predicted octanol–water partition coefficient (Wildman–Crippen LogP) is 0.987. The zero-order valence-corrected chi connectivity index (χ0v) is 6.65. The van der Waals surface area contributed by atoms with E-state index >= 15 is 0 Å². The lowest BCUT2D eigenvalue weighted by Gasteiger charge is -2.06. The number of carbonyl (C=O) groups excluding carboxylic acids is 1. The molecule has 0 radical (unpaired) electrons. The molecule has 0 N–H and O–H groups in total. The van der Waals surface area contributed by atoms with Crippen LogP contribution in [0.5, 0.6) is 0 Å². The van der Waals surface area contributed by atoms with Crippen molar-refractivity contribution in [2.45, 2.75) is 18.9 Å². The number of ether oxygens (including phenoxy) is 1. The van der Waals surface area contributed by atoms with E-state index in [4.69, 9.17) is 8.92 Å². The summed E-state index contributed by atoms with van der Waals surface area (Å²) in [6.07, 6.45) is 3.19. The topological polar surface area (TPSA) is 35.5 Å². The summed E-state index contributed by atoms with van der Waals surface area (Å²) in [5, 5.41) is 0. The van der Waals surface area contributed by atoms with Crippen molar-refractivity contribution in [3.05, 3.63) is 0 Å². The average Bonchev–Trinajstić information content (AvgIpc) is 2.31. The first-order valence-corrected chi connectivity index (χ1v) is 4.33. The van der Waals surface area contributed by atoms with E-state index in [0.29, 0.717) is 13.0 Å². The van der Waals surface area contributed by atoms with Crippen molar-refractivity contribution < 1.29 is 13.7 Å². The molecular weight excluding hydrogens is 152 g/mol. The molecule has 1 aliphatic heterocycles. The van der Waals surface area contributed by atoms with Gasteiger partial charge in [-0.15, -0.1) is 0 Å². The molecule has 0 aromatic heterocycles. The summed E-state index contributed by atoms with van der Waals surface area (Å²) >= 11 is 1.30. The minimum Gasteiger partial charge on any atom is -0.460 e. The molecule has 1 unspecified atom stereocenters. The minimum absolute atomic E-state index is 0.0000463. The van der Waals surface area contributed by atoms with Crippen molar-refractivity contribution in [2.24, 2.45) is 0 Å². The Bertz CT molecular complexity index is 126. The molecule has 0 amide bonds. The third-order valence-electron chi connectivity index (χ3n) is 1.34. The van der Waals surface area contributed by atoms with E-state index in [0.717, 1.165) is 6.42 Å². The lowest BCUT2D eigenvalue weighted by molar-refractivity contribution is -0.142. The molecule has 0 bridgehead atoms. The Morgan fingerprint density at radius 1 is 1.90 bits per heavy atom. The highest BCUT2D eigenvalue weighted by atomic mass is 32.2. The van der Waals surface area contributed by atoms with Crippen molar-refractivity contribution in [1.82, 2.24) is 0 Å². The molecule has 4 heteroatoms. The second-order valence-electron chi connectivity index (χ2n) is 2.10. The normalized spacial score (nSPS) is 24.9. The minimum atomic E-state index is -0.102. The molecule has 1 saturated heterocycles. The van der Waals surface area contributed by atoms with Gasteiger partial charge in [0.1, 0.15) is 6.10 Å². The van der Waals surface area contributed by atoms with Gasteiger partial charge in [0, 0.05) is 12.7 Å². The van der Waals surface area contributed by atoms with Crippen LogP contribution in [0.3, 0.4) is 0 Å². The summed E-state index contributed by atoms with van der Waals surface area (Å²) in [4.78, 5) is 10.5. The molecular formula is C6H10O3S.